The maximum absolute atomic E-state index is 13.3. The van der Waals surface area contributed by atoms with Gasteiger partial charge in [0.25, 0.3) is 0 Å². The van der Waals surface area contributed by atoms with Gasteiger partial charge in [-0.1, -0.05) is 47.1 Å². The van der Waals surface area contributed by atoms with Crippen molar-refractivity contribution in [1.29, 1.82) is 0 Å². The molecule has 0 spiro atoms. The van der Waals surface area contributed by atoms with Crippen molar-refractivity contribution >= 4 is 29.0 Å². The van der Waals surface area contributed by atoms with Gasteiger partial charge in [-0.25, -0.2) is 0 Å². The fourth-order valence-electron chi connectivity index (χ4n) is 4.81. The summed E-state index contributed by atoms with van der Waals surface area (Å²) in [6.07, 6.45) is 1.57. The lowest BCUT2D eigenvalue weighted by Gasteiger charge is -2.31. The lowest BCUT2D eigenvalue weighted by Crippen LogP contribution is -2.40. The number of ether oxygens (including phenoxy) is 2. The number of amides is 1. The van der Waals surface area contributed by atoms with Gasteiger partial charge in [-0.3, -0.25) is 14.5 Å². The first-order valence-corrected chi connectivity index (χ1v) is 13.3. The number of benzene rings is 3. The molecule has 1 aromatic heterocycles. The molecule has 5 rings (SSSR count). The van der Waals surface area contributed by atoms with Crippen molar-refractivity contribution < 1.29 is 23.6 Å². The predicted molar refractivity (Wildman–Crippen MR) is 151 cm³/mol. The summed E-state index contributed by atoms with van der Waals surface area (Å²) in [4.78, 5) is 33.1. The van der Waals surface area contributed by atoms with Crippen molar-refractivity contribution in [2.24, 2.45) is 5.92 Å². The van der Waals surface area contributed by atoms with Gasteiger partial charge in [0.15, 0.2) is 17.3 Å². The highest BCUT2D eigenvalue weighted by Gasteiger charge is 2.28. The van der Waals surface area contributed by atoms with Crippen LogP contribution in [0.25, 0.3) is 11.4 Å². The Morgan fingerprint density at radius 2 is 1.85 bits per heavy atom. The zero-order chi connectivity index (χ0) is 28.1. The van der Waals surface area contributed by atoms with Crippen LogP contribution in [-0.2, 0) is 11.3 Å². The van der Waals surface area contributed by atoms with Crippen molar-refractivity contribution in [2.45, 2.75) is 19.4 Å². The summed E-state index contributed by atoms with van der Waals surface area (Å²) < 4.78 is 16.2. The van der Waals surface area contributed by atoms with Crippen LogP contribution in [0.15, 0.2) is 71.3 Å². The second-order valence-electron chi connectivity index (χ2n) is 9.53. The van der Waals surface area contributed by atoms with Gasteiger partial charge >= 0.3 is 0 Å². The number of carbonyl (C=O) groups excluding carboxylic acids is 2. The summed E-state index contributed by atoms with van der Waals surface area (Å²) in [5.41, 5.74) is 2.06. The van der Waals surface area contributed by atoms with E-state index in [-0.39, 0.29) is 17.6 Å². The minimum atomic E-state index is -0.266. The molecular weight excluding hydrogens is 532 g/mol. The predicted octanol–water partition coefficient (Wildman–Crippen LogP) is 5.49. The summed E-state index contributed by atoms with van der Waals surface area (Å²) in [5.74, 6) is 1.47. The SMILES string of the molecule is COc1ccc(-c2noc(CN3CCCC(C(=O)Nc4ccc(Cl)cc4C(=O)c4ccccc4)C3)n2)cc1OC. The van der Waals surface area contributed by atoms with Gasteiger partial charge in [-0.05, 0) is 55.8 Å². The van der Waals surface area contributed by atoms with E-state index in [1.165, 1.54) is 0 Å². The molecule has 4 aromatic rings. The number of aromatic nitrogens is 2. The molecule has 206 valence electrons. The summed E-state index contributed by atoms with van der Waals surface area (Å²) in [7, 11) is 3.15. The van der Waals surface area contributed by atoms with Crippen LogP contribution in [0.5, 0.6) is 11.5 Å². The Kier molecular flexibility index (Phi) is 8.42. The molecule has 1 unspecified atom stereocenters. The Morgan fingerprint density at radius 3 is 2.62 bits per heavy atom. The second-order valence-corrected chi connectivity index (χ2v) is 9.97. The number of piperidine rings is 1. The number of anilines is 1. The molecule has 2 heterocycles. The quantitative estimate of drug-likeness (QED) is 0.268. The van der Waals surface area contributed by atoms with E-state index in [4.69, 9.17) is 25.6 Å². The van der Waals surface area contributed by atoms with Crippen LogP contribution in [0.1, 0.15) is 34.7 Å². The molecule has 0 aliphatic carbocycles. The maximum atomic E-state index is 13.3. The van der Waals surface area contributed by atoms with Gasteiger partial charge in [0.05, 0.1) is 32.4 Å². The van der Waals surface area contributed by atoms with E-state index in [9.17, 15) is 9.59 Å². The van der Waals surface area contributed by atoms with Crippen molar-refractivity contribution in [3.8, 4) is 22.9 Å². The van der Waals surface area contributed by atoms with Crippen LogP contribution in [0.4, 0.5) is 5.69 Å². The average molecular weight is 561 g/mol. The van der Waals surface area contributed by atoms with E-state index in [0.717, 1.165) is 24.9 Å². The molecule has 40 heavy (non-hydrogen) atoms. The number of methoxy groups -OCH3 is 2. The van der Waals surface area contributed by atoms with E-state index in [1.54, 1.807) is 68.8 Å². The van der Waals surface area contributed by atoms with Crippen molar-refractivity contribution in [3.63, 3.8) is 0 Å². The van der Waals surface area contributed by atoms with Crippen LogP contribution in [0.3, 0.4) is 0 Å². The zero-order valence-electron chi connectivity index (χ0n) is 22.2. The number of hydrogen-bond acceptors (Lipinski definition) is 8. The molecule has 3 aromatic carbocycles. The molecule has 1 N–H and O–H groups in total. The van der Waals surface area contributed by atoms with Gasteiger partial charge in [0.1, 0.15) is 0 Å². The van der Waals surface area contributed by atoms with Crippen molar-refractivity contribution in [3.05, 3.63) is 88.8 Å². The minimum Gasteiger partial charge on any atom is -0.493 e. The fraction of sp³-hybridized carbons (Fsp3) is 0.267. The largest absolute Gasteiger partial charge is 0.493 e. The highest BCUT2D eigenvalue weighted by molar-refractivity contribution is 6.31. The van der Waals surface area contributed by atoms with Gasteiger partial charge in [0.2, 0.25) is 17.6 Å². The van der Waals surface area contributed by atoms with Gasteiger partial charge in [-0.15, -0.1) is 0 Å². The van der Waals surface area contributed by atoms with Gasteiger partial charge < -0.3 is 19.3 Å². The average Bonchev–Trinajstić information content (AvgIpc) is 3.46. The number of nitrogens with zero attached hydrogens (tertiary/aromatic N) is 3. The third-order valence-corrected chi connectivity index (χ3v) is 7.10. The molecule has 10 heteroatoms. The zero-order valence-corrected chi connectivity index (χ0v) is 23.0. The minimum absolute atomic E-state index is 0.148. The Bertz CT molecular complexity index is 1510. The van der Waals surface area contributed by atoms with E-state index in [0.29, 0.717) is 58.1 Å². The second kappa shape index (κ2) is 12.3. The molecule has 9 nitrogen and oxygen atoms in total. The van der Waals surface area contributed by atoms with Gasteiger partial charge in [-0.2, -0.15) is 4.98 Å². The van der Waals surface area contributed by atoms with Crippen molar-refractivity contribution in [2.75, 3.05) is 32.6 Å². The third kappa shape index (κ3) is 6.16. The van der Waals surface area contributed by atoms with Crippen LogP contribution >= 0.6 is 11.6 Å². The van der Waals surface area contributed by atoms with Crippen molar-refractivity contribution in [1.82, 2.24) is 15.0 Å². The van der Waals surface area contributed by atoms with Crippen LogP contribution < -0.4 is 14.8 Å². The van der Waals surface area contributed by atoms with E-state index >= 15 is 0 Å². The topological polar surface area (TPSA) is 107 Å². The number of rotatable bonds is 9. The smallest absolute Gasteiger partial charge is 0.241 e. The number of carbonyl (C=O) groups is 2. The number of likely N-dealkylation sites (tertiary alicyclic amines) is 1. The Balaban J connectivity index is 1.25. The Hall–Kier alpha value is -4.21. The summed E-state index contributed by atoms with van der Waals surface area (Å²) in [5, 5.41) is 7.51. The molecule has 0 bridgehead atoms. The first kappa shape index (κ1) is 27.4. The number of ketones is 1. The number of nitrogens with one attached hydrogen (secondary N) is 1. The monoisotopic (exact) mass is 560 g/mol. The summed E-state index contributed by atoms with van der Waals surface area (Å²) >= 11 is 6.20. The third-order valence-electron chi connectivity index (χ3n) is 6.87. The van der Waals surface area contributed by atoms with Crippen LogP contribution in [0.2, 0.25) is 5.02 Å². The lowest BCUT2D eigenvalue weighted by atomic mass is 9.96. The molecule has 1 saturated heterocycles. The summed E-state index contributed by atoms with van der Waals surface area (Å²) in [6, 6.07) is 19.3. The highest BCUT2D eigenvalue weighted by Crippen LogP contribution is 2.31. The molecule has 1 aliphatic rings. The Labute approximate surface area is 237 Å². The molecule has 0 radical (unpaired) electrons. The van der Waals surface area contributed by atoms with Crippen LogP contribution in [-0.4, -0.2) is 54.0 Å². The molecule has 1 fully saturated rings. The first-order valence-electron chi connectivity index (χ1n) is 12.9. The van der Waals surface area contributed by atoms with E-state index in [1.807, 2.05) is 12.1 Å². The molecule has 1 aliphatic heterocycles. The highest BCUT2D eigenvalue weighted by atomic mass is 35.5. The molecule has 1 amide bonds. The molecule has 1 atom stereocenters. The Morgan fingerprint density at radius 1 is 1.05 bits per heavy atom. The van der Waals surface area contributed by atoms with Gasteiger partial charge in [0, 0.05) is 28.3 Å². The van der Waals surface area contributed by atoms with Crippen LogP contribution in [0, 0.1) is 5.92 Å². The number of hydrogen-bond donors (Lipinski definition) is 1. The molecule has 0 saturated carbocycles. The molecular formula is C30H29ClN4O5. The number of halogens is 1. The normalized spacial score (nSPS) is 15.4. The van der Waals surface area contributed by atoms with E-state index < -0.39 is 0 Å². The lowest BCUT2D eigenvalue weighted by molar-refractivity contribution is -0.121. The standard InChI is InChI=1S/C30H29ClN4O5/c1-38-25-13-10-20(15-26(25)39-2)29-33-27(40-34-29)18-35-14-6-9-21(17-35)30(37)32-24-12-11-22(31)16-23(24)28(36)19-7-4-3-5-8-19/h3-5,7-8,10-13,15-16,21H,6,9,14,17-18H2,1-2H3,(H,32,37). The first-order chi connectivity index (χ1) is 19.4. The maximum Gasteiger partial charge on any atom is 0.241 e. The fourth-order valence-corrected chi connectivity index (χ4v) is 4.98. The summed E-state index contributed by atoms with van der Waals surface area (Å²) in [6.45, 7) is 1.74. The van der Waals surface area contributed by atoms with E-state index in [2.05, 4.69) is 20.4 Å².